The van der Waals surface area contributed by atoms with E-state index in [0.717, 1.165) is 19.9 Å². The summed E-state index contributed by atoms with van der Waals surface area (Å²) < 4.78 is 28.7. The van der Waals surface area contributed by atoms with Gasteiger partial charge in [0.25, 0.3) is 0 Å². The third-order valence-electron chi connectivity index (χ3n) is 3.73. The number of hydrogen-bond acceptors (Lipinski definition) is 2. The molecule has 3 aromatic rings. The first kappa shape index (κ1) is 16.4. The Balaban J connectivity index is 1.87. The Morgan fingerprint density at radius 1 is 0.913 bits per heavy atom. The van der Waals surface area contributed by atoms with Gasteiger partial charge in [0.15, 0.2) is 0 Å². The number of benzene rings is 3. The molecule has 3 rings (SSSR count). The van der Waals surface area contributed by atoms with Gasteiger partial charge in [-0.2, -0.15) is 0 Å². The number of halogens is 1. The van der Waals surface area contributed by atoms with Crippen LogP contribution in [0.4, 0.5) is 0 Å². The third kappa shape index (κ3) is 3.73. The predicted molar refractivity (Wildman–Crippen MR) is 102 cm³/mol. The van der Waals surface area contributed by atoms with Crippen molar-refractivity contribution in [2.75, 3.05) is 0 Å². The fourth-order valence-electron chi connectivity index (χ4n) is 2.46. The lowest BCUT2D eigenvalue weighted by Gasteiger charge is -2.15. The standard InChI is InChI=1S/C18H16INO2S/c1-13(15-7-6-14-4-2-3-5-16(14)12-15)20-23(21,22)18-10-8-17(19)9-11-18/h2-13,20H,1H3. The molecule has 0 heterocycles. The summed E-state index contributed by atoms with van der Waals surface area (Å²) in [5.41, 5.74) is 0.942. The van der Waals surface area contributed by atoms with E-state index in [4.69, 9.17) is 0 Å². The Morgan fingerprint density at radius 3 is 2.26 bits per heavy atom. The summed E-state index contributed by atoms with van der Waals surface area (Å²) in [4.78, 5) is 0.283. The number of sulfonamides is 1. The largest absolute Gasteiger partial charge is 0.241 e. The van der Waals surface area contributed by atoms with Crippen molar-refractivity contribution >= 4 is 43.4 Å². The summed E-state index contributed by atoms with van der Waals surface area (Å²) in [6.45, 7) is 1.86. The van der Waals surface area contributed by atoms with Gasteiger partial charge in [-0.15, -0.1) is 0 Å². The molecule has 0 fully saturated rings. The van der Waals surface area contributed by atoms with Gasteiger partial charge in [0, 0.05) is 9.61 Å². The Hall–Kier alpha value is -1.44. The van der Waals surface area contributed by atoms with Gasteiger partial charge in [-0.1, -0.05) is 36.4 Å². The Kier molecular flexibility index (Phi) is 4.70. The molecular formula is C18H16INO2S. The van der Waals surface area contributed by atoms with Gasteiger partial charge >= 0.3 is 0 Å². The van der Waals surface area contributed by atoms with Crippen molar-refractivity contribution < 1.29 is 8.42 Å². The minimum atomic E-state index is -3.53. The van der Waals surface area contributed by atoms with Crippen LogP contribution < -0.4 is 4.72 Å². The minimum Gasteiger partial charge on any atom is -0.207 e. The smallest absolute Gasteiger partial charge is 0.207 e. The van der Waals surface area contributed by atoms with E-state index in [0.29, 0.717) is 0 Å². The second-order valence-corrected chi connectivity index (χ2v) is 8.36. The first-order valence-electron chi connectivity index (χ1n) is 7.22. The summed E-state index contributed by atoms with van der Waals surface area (Å²) in [5.74, 6) is 0. The number of rotatable bonds is 4. The zero-order chi connectivity index (χ0) is 16.4. The van der Waals surface area contributed by atoms with Gasteiger partial charge in [0.2, 0.25) is 10.0 Å². The Morgan fingerprint density at radius 2 is 1.57 bits per heavy atom. The SMILES string of the molecule is CC(NS(=O)(=O)c1ccc(I)cc1)c1ccc2ccccc2c1. The highest BCUT2D eigenvalue weighted by Gasteiger charge is 2.18. The van der Waals surface area contributed by atoms with E-state index < -0.39 is 10.0 Å². The topological polar surface area (TPSA) is 46.2 Å². The van der Waals surface area contributed by atoms with E-state index in [1.54, 1.807) is 24.3 Å². The zero-order valence-corrected chi connectivity index (χ0v) is 15.5. The second kappa shape index (κ2) is 6.59. The summed E-state index contributed by atoms with van der Waals surface area (Å²) in [5, 5.41) is 2.24. The molecule has 0 aromatic heterocycles. The van der Waals surface area contributed by atoms with Crippen molar-refractivity contribution in [2.24, 2.45) is 0 Å². The lowest BCUT2D eigenvalue weighted by molar-refractivity contribution is 0.567. The van der Waals surface area contributed by atoms with Crippen LogP contribution >= 0.6 is 22.6 Å². The molecule has 0 aliphatic heterocycles. The van der Waals surface area contributed by atoms with Gasteiger partial charge in [0.1, 0.15) is 0 Å². The summed E-state index contributed by atoms with van der Waals surface area (Å²) in [6, 6.07) is 20.6. The van der Waals surface area contributed by atoms with Crippen LogP contribution in [0, 0.1) is 3.57 Å². The van der Waals surface area contributed by atoms with Crippen LogP contribution in [0.5, 0.6) is 0 Å². The molecule has 0 radical (unpaired) electrons. The molecule has 1 unspecified atom stereocenters. The quantitative estimate of drug-likeness (QED) is 0.612. The van der Waals surface area contributed by atoms with E-state index in [9.17, 15) is 8.42 Å². The maximum absolute atomic E-state index is 12.5. The van der Waals surface area contributed by atoms with Gasteiger partial charge in [-0.05, 0) is 76.2 Å². The average Bonchev–Trinajstić information content (AvgIpc) is 2.54. The predicted octanol–water partition coefficient (Wildman–Crippen LogP) is 4.48. The number of nitrogens with one attached hydrogen (secondary N) is 1. The summed E-state index contributed by atoms with van der Waals surface area (Å²) >= 11 is 2.15. The van der Waals surface area contributed by atoms with Crippen molar-refractivity contribution in [3.63, 3.8) is 0 Å². The molecule has 0 saturated carbocycles. The van der Waals surface area contributed by atoms with Gasteiger partial charge in [-0.25, -0.2) is 13.1 Å². The highest BCUT2D eigenvalue weighted by atomic mass is 127. The van der Waals surface area contributed by atoms with E-state index in [1.807, 2.05) is 49.4 Å². The fourth-order valence-corrected chi connectivity index (χ4v) is 4.05. The molecular weight excluding hydrogens is 421 g/mol. The van der Waals surface area contributed by atoms with E-state index in [2.05, 4.69) is 27.3 Å². The van der Waals surface area contributed by atoms with Gasteiger partial charge < -0.3 is 0 Å². The van der Waals surface area contributed by atoms with Crippen LogP contribution in [0.15, 0.2) is 71.6 Å². The molecule has 3 nitrogen and oxygen atoms in total. The molecule has 1 N–H and O–H groups in total. The minimum absolute atomic E-state index is 0.283. The van der Waals surface area contributed by atoms with Crippen molar-refractivity contribution in [2.45, 2.75) is 17.9 Å². The number of hydrogen-bond donors (Lipinski definition) is 1. The highest BCUT2D eigenvalue weighted by molar-refractivity contribution is 14.1. The normalized spacial score (nSPS) is 13.1. The van der Waals surface area contributed by atoms with Crippen LogP contribution in [0.1, 0.15) is 18.5 Å². The lowest BCUT2D eigenvalue weighted by atomic mass is 10.0. The molecule has 0 aliphatic rings. The van der Waals surface area contributed by atoms with Crippen molar-refractivity contribution in [1.29, 1.82) is 0 Å². The molecule has 5 heteroatoms. The Bertz CT molecular complexity index is 937. The molecule has 118 valence electrons. The maximum atomic E-state index is 12.5. The van der Waals surface area contributed by atoms with E-state index in [-0.39, 0.29) is 10.9 Å². The van der Waals surface area contributed by atoms with Crippen LogP contribution in [0.3, 0.4) is 0 Å². The molecule has 3 aromatic carbocycles. The molecule has 0 aliphatic carbocycles. The van der Waals surface area contributed by atoms with Crippen LogP contribution in [0.2, 0.25) is 0 Å². The van der Waals surface area contributed by atoms with E-state index >= 15 is 0 Å². The van der Waals surface area contributed by atoms with E-state index in [1.165, 1.54) is 0 Å². The van der Waals surface area contributed by atoms with Crippen LogP contribution in [-0.4, -0.2) is 8.42 Å². The van der Waals surface area contributed by atoms with Crippen LogP contribution in [0.25, 0.3) is 10.8 Å². The molecule has 0 bridgehead atoms. The monoisotopic (exact) mass is 437 g/mol. The first-order chi connectivity index (χ1) is 11.0. The molecule has 23 heavy (non-hydrogen) atoms. The average molecular weight is 437 g/mol. The molecule has 0 saturated heterocycles. The molecule has 1 atom stereocenters. The first-order valence-corrected chi connectivity index (χ1v) is 9.78. The summed E-state index contributed by atoms with van der Waals surface area (Å²) in [6.07, 6.45) is 0. The van der Waals surface area contributed by atoms with Gasteiger partial charge in [-0.3, -0.25) is 0 Å². The third-order valence-corrected chi connectivity index (χ3v) is 6.01. The van der Waals surface area contributed by atoms with Crippen molar-refractivity contribution in [3.05, 3.63) is 75.9 Å². The summed E-state index contributed by atoms with van der Waals surface area (Å²) in [7, 11) is -3.53. The van der Waals surface area contributed by atoms with Gasteiger partial charge in [0.05, 0.1) is 4.90 Å². The lowest BCUT2D eigenvalue weighted by Crippen LogP contribution is -2.26. The molecule has 0 amide bonds. The second-order valence-electron chi connectivity index (χ2n) is 5.40. The number of fused-ring (bicyclic) bond motifs is 1. The Labute approximate surface area is 149 Å². The van der Waals surface area contributed by atoms with Crippen LogP contribution in [-0.2, 0) is 10.0 Å². The maximum Gasteiger partial charge on any atom is 0.241 e. The van der Waals surface area contributed by atoms with Crippen molar-refractivity contribution in [1.82, 2.24) is 4.72 Å². The molecule has 0 spiro atoms. The highest BCUT2D eigenvalue weighted by Crippen LogP contribution is 2.22. The van der Waals surface area contributed by atoms with Crippen molar-refractivity contribution in [3.8, 4) is 0 Å². The fraction of sp³-hybridized carbons (Fsp3) is 0.111. The zero-order valence-electron chi connectivity index (χ0n) is 12.5.